The SMILES string of the molecule is CC(=O)OC=CC(C)=CCC1=C(C)C[C@@H](OC(C)=O)CC1(C)C. The lowest BCUT2D eigenvalue weighted by Crippen LogP contribution is -2.31. The number of rotatable bonds is 5. The first-order chi connectivity index (χ1) is 10.6. The molecule has 4 heteroatoms. The molecule has 0 aliphatic heterocycles. The van der Waals surface area contributed by atoms with Crippen LogP contribution in [0.25, 0.3) is 0 Å². The van der Waals surface area contributed by atoms with Crippen molar-refractivity contribution in [3.8, 4) is 0 Å². The minimum absolute atomic E-state index is 0.00116. The molecule has 0 N–H and O–H groups in total. The molecule has 1 atom stereocenters. The zero-order valence-electron chi connectivity index (χ0n) is 15.1. The van der Waals surface area contributed by atoms with Crippen LogP contribution in [0.4, 0.5) is 0 Å². The zero-order valence-corrected chi connectivity index (χ0v) is 15.1. The maximum absolute atomic E-state index is 11.2. The van der Waals surface area contributed by atoms with Gasteiger partial charge in [-0.2, -0.15) is 0 Å². The second-order valence-electron chi connectivity index (χ2n) is 6.85. The maximum atomic E-state index is 11.2. The molecular formula is C19H28O4. The second-order valence-corrected chi connectivity index (χ2v) is 6.85. The molecule has 0 unspecified atom stereocenters. The number of carbonyl (C=O) groups is 2. The van der Waals surface area contributed by atoms with Gasteiger partial charge in [0, 0.05) is 20.3 Å². The van der Waals surface area contributed by atoms with Gasteiger partial charge in [0.2, 0.25) is 0 Å². The minimum Gasteiger partial charge on any atom is -0.462 e. The van der Waals surface area contributed by atoms with Gasteiger partial charge in [-0.15, -0.1) is 0 Å². The van der Waals surface area contributed by atoms with Gasteiger partial charge in [-0.05, 0) is 38.2 Å². The molecule has 1 aliphatic rings. The Morgan fingerprint density at radius 3 is 2.39 bits per heavy atom. The third-order valence-corrected chi connectivity index (χ3v) is 4.13. The molecule has 128 valence electrons. The molecule has 0 saturated carbocycles. The molecule has 0 saturated heterocycles. The van der Waals surface area contributed by atoms with Gasteiger partial charge >= 0.3 is 11.9 Å². The summed E-state index contributed by atoms with van der Waals surface area (Å²) >= 11 is 0. The summed E-state index contributed by atoms with van der Waals surface area (Å²) in [7, 11) is 0. The predicted molar refractivity (Wildman–Crippen MR) is 90.5 cm³/mol. The van der Waals surface area contributed by atoms with Gasteiger partial charge in [0.15, 0.2) is 0 Å². The summed E-state index contributed by atoms with van der Waals surface area (Å²) in [4.78, 5) is 21.9. The summed E-state index contributed by atoms with van der Waals surface area (Å²) in [5.74, 6) is -0.536. The number of ether oxygens (including phenoxy) is 2. The van der Waals surface area contributed by atoms with E-state index in [2.05, 4.69) is 26.8 Å². The molecule has 0 amide bonds. The van der Waals surface area contributed by atoms with E-state index in [0.29, 0.717) is 0 Å². The van der Waals surface area contributed by atoms with Crippen LogP contribution in [0.3, 0.4) is 0 Å². The number of allylic oxidation sites excluding steroid dienone is 4. The van der Waals surface area contributed by atoms with E-state index in [1.807, 2.05) is 6.92 Å². The van der Waals surface area contributed by atoms with E-state index in [1.165, 1.54) is 31.3 Å². The fourth-order valence-electron chi connectivity index (χ4n) is 3.14. The van der Waals surface area contributed by atoms with Crippen LogP contribution in [0.5, 0.6) is 0 Å². The van der Waals surface area contributed by atoms with Crippen LogP contribution >= 0.6 is 0 Å². The average Bonchev–Trinajstić information content (AvgIpc) is 2.35. The Labute approximate surface area is 139 Å². The topological polar surface area (TPSA) is 52.6 Å². The monoisotopic (exact) mass is 320 g/mol. The Morgan fingerprint density at radius 1 is 1.22 bits per heavy atom. The molecule has 0 aromatic rings. The first kappa shape index (κ1) is 19.2. The molecule has 0 spiro atoms. The van der Waals surface area contributed by atoms with Crippen LogP contribution in [-0.4, -0.2) is 18.0 Å². The van der Waals surface area contributed by atoms with Gasteiger partial charge in [-0.25, -0.2) is 0 Å². The normalized spacial score (nSPS) is 21.5. The van der Waals surface area contributed by atoms with Crippen molar-refractivity contribution in [2.45, 2.75) is 66.9 Å². The van der Waals surface area contributed by atoms with Crippen molar-refractivity contribution in [1.29, 1.82) is 0 Å². The average molecular weight is 320 g/mol. The highest BCUT2D eigenvalue weighted by Gasteiger charge is 2.34. The standard InChI is InChI=1S/C19H28O4/c1-13(9-10-22-15(3)20)7-8-18-14(2)11-17(23-16(4)21)12-19(18,5)6/h7,9-10,17H,8,11-12H2,1-6H3/t17-/m1/s1. The van der Waals surface area contributed by atoms with Crippen molar-refractivity contribution in [2.24, 2.45) is 5.41 Å². The summed E-state index contributed by atoms with van der Waals surface area (Å²) in [5.41, 5.74) is 3.73. The van der Waals surface area contributed by atoms with Gasteiger partial charge in [0.25, 0.3) is 0 Å². The van der Waals surface area contributed by atoms with E-state index >= 15 is 0 Å². The highest BCUT2D eigenvalue weighted by atomic mass is 16.5. The Bertz CT molecular complexity index is 550. The number of hydrogen-bond donors (Lipinski definition) is 0. The van der Waals surface area contributed by atoms with E-state index < -0.39 is 0 Å². The van der Waals surface area contributed by atoms with Gasteiger partial charge in [0.05, 0.1) is 6.26 Å². The van der Waals surface area contributed by atoms with Crippen LogP contribution in [0.2, 0.25) is 0 Å². The Morgan fingerprint density at radius 2 is 1.87 bits per heavy atom. The Balaban J connectivity index is 2.79. The van der Waals surface area contributed by atoms with Gasteiger partial charge in [-0.3, -0.25) is 9.59 Å². The van der Waals surface area contributed by atoms with E-state index in [1.54, 1.807) is 6.08 Å². The zero-order chi connectivity index (χ0) is 17.6. The fourth-order valence-corrected chi connectivity index (χ4v) is 3.14. The first-order valence-corrected chi connectivity index (χ1v) is 7.98. The van der Waals surface area contributed by atoms with E-state index in [4.69, 9.17) is 9.47 Å². The lowest BCUT2D eigenvalue weighted by atomic mass is 9.70. The number of carbonyl (C=O) groups excluding carboxylic acids is 2. The minimum atomic E-state index is -0.322. The molecule has 1 rings (SSSR count). The predicted octanol–water partition coefficient (Wildman–Crippen LogP) is 4.47. The fraction of sp³-hybridized carbons (Fsp3) is 0.579. The van der Waals surface area contributed by atoms with E-state index in [-0.39, 0.29) is 23.5 Å². The van der Waals surface area contributed by atoms with Gasteiger partial charge in [0.1, 0.15) is 6.10 Å². The lowest BCUT2D eigenvalue weighted by molar-refractivity contribution is -0.147. The molecule has 0 bridgehead atoms. The maximum Gasteiger partial charge on any atom is 0.307 e. The van der Waals surface area contributed by atoms with Crippen LogP contribution in [0.15, 0.2) is 35.1 Å². The van der Waals surface area contributed by atoms with Crippen LogP contribution in [0, 0.1) is 5.41 Å². The molecule has 0 aromatic heterocycles. The van der Waals surface area contributed by atoms with Crippen molar-refractivity contribution in [1.82, 2.24) is 0 Å². The summed E-state index contributed by atoms with van der Waals surface area (Å²) in [6.45, 7) is 11.3. The van der Waals surface area contributed by atoms with Crippen molar-refractivity contribution < 1.29 is 19.1 Å². The number of esters is 2. The van der Waals surface area contributed by atoms with Crippen LogP contribution in [0.1, 0.15) is 60.8 Å². The summed E-state index contributed by atoms with van der Waals surface area (Å²) in [5, 5.41) is 0. The lowest BCUT2D eigenvalue weighted by Gasteiger charge is -2.38. The largest absolute Gasteiger partial charge is 0.462 e. The number of hydrogen-bond acceptors (Lipinski definition) is 4. The highest BCUT2D eigenvalue weighted by Crippen LogP contribution is 2.43. The molecule has 0 heterocycles. The molecular weight excluding hydrogens is 292 g/mol. The van der Waals surface area contributed by atoms with Crippen molar-refractivity contribution in [2.75, 3.05) is 0 Å². The van der Waals surface area contributed by atoms with Crippen molar-refractivity contribution >= 4 is 11.9 Å². The summed E-state index contributed by atoms with van der Waals surface area (Å²) in [6, 6.07) is 0. The quantitative estimate of drug-likeness (QED) is 0.325. The smallest absolute Gasteiger partial charge is 0.307 e. The van der Waals surface area contributed by atoms with Crippen LogP contribution < -0.4 is 0 Å². The second kappa shape index (κ2) is 8.14. The molecule has 23 heavy (non-hydrogen) atoms. The van der Waals surface area contributed by atoms with E-state index in [0.717, 1.165) is 24.8 Å². The Kier molecular flexibility index (Phi) is 6.79. The Hall–Kier alpha value is -1.84. The third kappa shape index (κ3) is 6.43. The first-order valence-electron chi connectivity index (χ1n) is 7.98. The molecule has 0 fully saturated rings. The third-order valence-electron chi connectivity index (χ3n) is 4.13. The van der Waals surface area contributed by atoms with Crippen LogP contribution in [-0.2, 0) is 19.1 Å². The van der Waals surface area contributed by atoms with E-state index in [9.17, 15) is 9.59 Å². The van der Waals surface area contributed by atoms with Gasteiger partial charge in [-0.1, -0.05) is 36.6 Å². The molecule has 1 aliphatic carbocycles. The van der Waals surface area contributed by atoms with Crippen molar-refractivity contribution in [3.63, 3.8) is 0 Å². The molecule has 0 radical (unpaired) electrons. The summed E-state index contributed by atoms with van der Waals surface area (Å²) in [6.07, 6.45) is 7.80. The van der Waals surface area contributed by atoms with Gasteiger partial charge < -0.3 is 9.47 Å². The molecule has 0 aromatic carbocycles. The highest BCUT2D eigenvalue weighted by molar-refractivity contribution is 5.66. The summed E-state index contributed by atoms with van der Waals surface area (Å²) < 4.78 is 10.2. The van der Waals surface area contributed by atoms with Crippen molar-refractivity contribution in [3.05, 3.63) is 35.1 Å². The molecule has 4 nitrogen and oxygen atoms in total.